The van der Waals surface area contributed by atoms with Gasteiger partial charge < -0.3 is 67.5 Å². The lowest BCUT2D eigenvalue weighted by Gasteiger charge is -2.30. The zero-order valence-electron chi connectivity index (χ0n) is 39.0. The van der Waals surface area contributed by atoms with Crippen LogP contribution in [-0.4, -0.2) is 147 Å². The van der Waals surface area contributed by atoms with Gasteiger partial charge in [-0.2, -0.15) is 0 Å². The SMILES string of the molecule is CC[C@@]1(COC=O)O[C@@H](n2cnc3c(N)ncnc32)[C@@H](N)C1C.CC[C@]12O[C@@H](n3cnc4c(N)ncnc43)[C@@H](NC1=O)C2OCc1ccccc1.Nc1ncnc2c1ncn2[C@@H]1O[C@@]2(CO)C(=O)N[C@H]1C2O. The number of nitrogens with two attached hydrogens (primary N) is 4. The van der Waals surface area contributed by atoms with Gasteiger partial charge in [0, 0.05) is 5.92 Å². The third-order valence-corrected chi connectivity index (χ3v) is 14.3. The fraction of sp³-hybridized carbons (Fsp3) is 0.455. The van der Waals surface area contributed by atoms with Crippen molar-refractivity contribution in [3.8, 4) is 0 Å². The molecule has 5 aliphatic heterocycles. The zero-order valence-corrected chi connectivity index (χ0v) is 39.0. The van der Waals surface area contributed by atoms with Crippen molar-refractivity contribution in [2.75, 3.05) is 30.4 Å². The molecule has 2 amide bonds. The topological polar surface area (TPSA) is 397 Å². The highest BCUT2D eigenvalue weighted by molar-refractivity contribution is 5.91. The second-order valence-electron chi connectivity index (χ2n) is 17.9. The Morgan fingerprint density at radius 1 is 0.708 bits per heavy atom. The molecule has 72 heavy (non-hydrogen) atoms. The van der Waals surface area contributed by atoms with E-state index in [1.165, 1.54) is 25.3 Å². The molecule has 0 spiro atoms. The maximum Gasteiger partial charge on any atom is 0.293 e. The number of rotatable bonds is 12. The number of amides is 2. The number of anilines is 3. The van der Waals surface area contributed by atoms with Crippen molar-refractivity contribution < 1.29 is 48.3 Å². The summed E-state index contributed by atoms with van der Waals surface area (Å²) in [5.41, 5.74) is 24.5. The highest BCUT2D eigenvalue weighted by atomic mass is 16.6. The van der Waals surface area contributed by atoms with Gasteiger partial charge in [0.05, 0.1) is 38.2 Å². The van der Waals surface area contributed by atoms with Crippen molar-refractivity contribution in [1.29, 1.82) is 0 Å². The summed E-state index contributed by atoms with van der Waals surface area (Å²) in [7, 11) is 0. The molecule has 7 aromatic rings. The van der Waals surface area contributed by atoms with Crippen molar-refractivity contribution in [3.63, 3.8) is 0 Å². The molecule has 5 saturated heterocycles. The molecule has 5 aliphatic rings. The van der Waals surface area contributed by atoms with Crippen LogP contribution in [-0.2, 0) is 44.7 Å². The molecule has 6 aromatic heterocycles. The molecule has 4 bridgehead atoms. The molecule has 11 heterocycles. The molecule has 378 valence electrons. The predicted octanol–water partition coefficient (Wildman–Crippen LogP) is -1.08. The first-order chi connectivity index (χ1) is 34.8. The minimum absolute atomic E-state index is 0.0194. The van der Waals surface area contributed by atoms with Crippen LogP contribution < -0.4 is 33.6 Å². The van der Waals surface area contributed by atoms with E-state index in [1.807, 2.05) is 51.1 Å². The largest absolute Gasteiger partial charge is 0.465 e. The van der Waals surface area contributed by atoms with Crippen LogP contribution in [0.25, 0.3) is 33.5 Å². The van der Waals surface area contributed by atoms with Crippen molar-refractivity contribution in [2.24, 2.45) is 11.7 Å². The van der Waals surface area contributed by atoms with Crippen LogP contribution in [0.4, 0.5) is 17.5 Å². The molecule has 12 N–H and O–H groups in total. The number of aliphatic hydroxyl groups is 2. The maximum atomic E-state index is 12.7. The number of nitrogen functional groups attached to an aromatic ring is 3. The number of hydrogen-bond donors (Lipinski definition) is 8. The average Bonchev–Trinajstić information content (AvgIpc) is 4.29. The second kappa shape index (κ2) is 18.5. The van der Waals surface area contributed by atoms with Gasteiger partial charge in [-0.05, 0) is 18.4 Å². The van der Waals surface area contributed by atoms with Crippen LogP contribution in [0.5, 0.6) is 0 Å². The average molecular weight is 993 g/mol. The Bertz CT molecular complexity index is 3160. The molecule has 12 rings (SSSR count). The molecule has 5 fully saturated rings. The molecule has 28 nitrogen and oxygen atoms in total. The number of aliphatic hydroxyl groups excluding tert-OH is 2. The Labute approximate surface area is 407 Å². The first kappa shape index (κ1) is 48.0. The lowest BCUT2D eigenvalue weighted by molar-refractivity contribution is -0.169. The van der Waals surface area contributed by atoms with Gasteiger partial charge >= 0.3 is 0 Å². The van der Waals surface area contributed by atoms with E-state index in [0.717, 1.165) is 5.56 Å². The number of fused-ring (bicyclic) bond motifs is 7. The summed E-state index contributed by atoms with van der Waals surface area (Å²) < 4.78 is 34.4. The minimum atomic E-state index is -1.65. The number of nitrogens with one attached hydrogen (secondary N) is 2. The van der Waals surface area contributed by atoms with Gasteiger partial charge in [0.1, 0.15) is 72.0 Å². The van der Waals surface area contributed by atoms with Crippen LogP contribution in [0.15, 0.2) is 68.3 Å². The monoisotopic (exact) mass is 992 g/mol. The number of benzene rings is 1. The third-order valence-electron chi connectivity index (χ3n) is 14.3. The third kappa shape index (κ3) is 7.48. The van der Waals surface area contributed by atoms with Crippen molar-refractivity contribution >= 4 is 69.2 Å². The van der Waals surface area contributed by atoms with Gasteiger partial charge in [0.2, 0.25) is 0 Å². The van der Waals surface area contributed by atoms with Crippen molar-refractivity contribution in [1.82, 2.24) is 69.2 Å². The lowest BCUT2D eigenvalue weighted by atomic mass is 9.84. The Hall–Kier alpha value is -7.60. The van der Waals surface area contributed by atoms with Gasteiger partial charge in [-0.25, -0.2) is 44.9 Å². The number of aromatic nitrogens is 12. The standard InChI is InChI=1S/C19H20N6O3.C14H20N6O3.C11H12N6O4/c1-2-19-14(27-8-11-6-4-3-5-7-11)12(24-18(19)26)17(28-19)25-10-23-13-15(20)21-9-22-16(13)25;1-3-14(4-22-7-21)8(2)9(15)13(23-14)20-6-19-10-11(16)17-5-18-12(10)20;12-7-5-8(14-2-13-7)17(3-15-5)9-4-6(19)11(1-18,21-9)10(20)16-4/h3-7,9-10,12,14,17H,2,8H2,1H3,(H,24,26)(H2,20,21,22);5-9,13H,3-4,15H2,1-2H3,(H2,16,17,18);2-4,6,9,18-19H,1H2,(H,16,20)(H2,12,13,14)/t12-,14?,17+,19+;8?,9-,13+,14-;4-,6?,9+,11+/m000/s1. The number of imidazole rings is 3. The summed E-state index contributed by atoms with van der Waals surface area (Å²) >= 11 is 0. The van der Waals surface area contributed by atoms with E-state index in [0.29, 0.717) is 71.0 Å². The summed E-state index contributed by atoms with van der Waals surface area (Å²) in [6.45, 7) is 6.26. The number of hydrogen-bond acceptors (Lipinski definition) is 23. The van der Waals surface area contributed by atoms with E-state index in [1.54, 1.807) is 26.4 Å². The molecular weight excluding hydrogens is 941 g/mol. The molecular formula is C44H52N18O10. The van der Waals surface area contributed by atoms with Crippen LogP contribution in [0.1, 0.15) is 57.9 Å². The minimum Gasteiger partial charge on any atom is -0.465 e. The zero-order chi connectivity index (χ0) is 50.7. The van der Waals surface area contributed by atoms with E-state index in [-0.39, 0.29) is 36.3 Å². The highest BCUT2D eigenvalue weighted by Gasteiger charge is 2.67. The first-order valence-electron chi connectivity index (χ1n) is 23.0. The molecule has 0 aliphatic carbocycles. The van der Waals surface area contributed by atoms with E-state index >= 15 is 0 Å². The normalized spacial score (nSPS) is 31.1. The van der Waals surface area contributed by atoms with Crippen LogP contribution >= 0.6 is 0 Å². The number of nitrogens with zero attached hydrogens (tertiary/aromatic N) is 12. The number of ether oxygens (including phenoxy) is 5. The first-order valence-corrected chi connectivity index (χ1v) is 23.0. The van der Waals surface area contributed by atoms with E-state index in [2.05, 4.69) is 55.5 Å². The molecule has 3 unspecified atom stereocenters. The molecule has 28 heteroatoms. The summed E-state index contributed by atoms with van der Waals surface area (Å²) in [4.78, 5) is 72.1. The molecule has 0 saturated carbocycles. The van der Waals surface area contributed by atoms with Crippen LogP contribution in [0.3, 0.4) is 0 Å². The quantitative estimate of drug-likeness (QED) is 0.0675. The number of morpholine rings is 2. The highest BCUT2D eigenvalue weighted by Crippen LogP contribution is 2.48. The maximum absolute atomic E-state index is 12.7. The van der Waals surface area contributed by atoms with Crippen molar-refractivity contribution in [2.45, 2.75) is 106 Å². The van der Waals surface area contributed by atoms with E-state index < -0.39 is 66.3 Å². The van der Waals surface area contributed by atoms with Crippen LogP contribution in [0, 0.1) is 5.92 Å². The number of carbonyl (C=O) groups is 3. The Morgan fingerprint density at radius 3 is 1.71 bits per heavy atom. The van der Waals surface area contributed by atoms with Gasteiger partial charge in [-0.15, -0.1) is 0 Å². The van der Waals surface area contributed by atoms with Gasteiger partial charge in [0.25, 0.3) is 18.3 Å². The fourth-order valence-corrected chi connectivity index (χ4v) is 10.2. The van der Waals surface area contributed by atoms with Gasteiger partial charge in [-0.1, -0.05) is 51.1 Å². The molecule has 1 aromatic carbocycles. The van der Waals surface area contributed by atoms with Gasteiger partial charge in [0.15, 0.2) is 64.3 Å². The van der Waals surface area contributed by atoms with E-state index in [4.69, 9.17) is 46.6 Å². The van der Waals surface area contributed by atoms with Gasteiger partial charge in [-0.3, -0.25) is 28.1 Å². The van der Waals surface area contributed by atoms with E-state index in [9.17, 15) is 24.6 Å². The number of carbonyl (C=O) groups excluding carboxylic acids is 3. The van der Waals surface area contributed by atoms with Crippen LogP contribution in [0.2, 0.25) is 0 Å². The summed E-state index contributed by atoms with van der Waals surface area (Å²) in [6.07, 6.45) is 6.60. The summed E-state index contributed by atoms with van der Waals surface area (Å²) in [6, 6.07) is 8.50. The molecule has 0 radical (unpaired) electrons. The predicted molar refractivity (Wildman–Crippen MR) is 249 cm³/mol. The Morgan fingerprint density at radius 2 is 1.21 bits per heavy atom. The lowest BCUT2D eigenvalue weighted by Crippen LogP contribution is -2.51. The Kier molecular flexibility index (Phi) is 12.4. The molecule has 12 atom stereocenters. The summed E-state index contributed by atoms with van der Waals surface area (Å²) in [5.74, 6) is 0.139. The fourth-order valence-electron chi connectivity index (χ4n) is 10.2. The second-order valence-corrected chi connectivity index (χ2v) is 17.9. The summed E-state index contributed by atoms with van der Waals surface area (Å²) in [5, 5.41) is 25.3. The Balaban J connectivity index is 0.000000126. The van der Waals surface area contributed by atoms with Crippen molar-refractivity contribution in [3.05, 3.63) is 73.9 Å². The smallest absolute Gasteiger partial charge is 0.293 e.